The number of nitrogens with zero attached hydrogens (tertiary/aromatic N) is 5. The van der Waals surface area contributed by atoms with Gasteiger partial charge in [-0.3, -0.25) is 14.5 Å². The molecular formula is C18H14F3N5O4. The molecule has 0 N–H and O–H groups in total. The summed E-state index contributed by atoms with van der Waals surface area (Å²) in [5.41, 5.74) is 0.792. The Bertz CT molecular complexity index is 1050. The molecule has 0 fully saturated rings. The Morgan fingerprint density at radius 3 is 2.53 bits per heavy atom. The van der Waals surface area contributed by atoms with Gasteiger partial charge < -0.3 is 19.6 Å². The van der Waals surface area contributed by atoms with Crippen LogP contribution in [0, 0.1) is 10.1 Å². The quantitative estimate of drug-likeness (QED) is 0.460. The first kappa shape index (κ1) is 19.8. The minimum absolute atomic E-state index is 0.172. The van der Waals surface area contributed by atoms with Crippen molar-refractivity contribution in [1.82, 2.24) is 19.5 Å². The van der Waals surface area contributed by atoms with Crippen LogP contribution in [0.15, 0.2) is 42.9 Å². The predicted molar refractivity (Wildman–Crippen MR) is 95.4 cm³/mol. The molecule has 0 saturated heterocycles. The average Bonchev–Trinajstić information content (AvgIpc) is 3.16. The van der Waals surface area contributed by atoms with Gasteiger partial charge in [0.1, 0.15) is 24.6 Å². The third-order valence-corrected chi connectivity index (χ3v) is 4.39. The van der Waals surface area contributed by atoms with Gasteiger partial charge in [-0.15, -0.1) is 0 Å². The maximum Gasteiger partial charge on any atom is 0.433 e. The third kappa shape index (κ3) is 4.22. The van der Waals surface area contributed by atoms with Crippen LogP contribution >= 0.6 is 0 Å². The lowest BCUT2D eigenvalue weighted by molar-refractivity contribution is -0.389. The van der Waals surface area contributed by atoms with Crippen LogP contribution in [0.3, 0.4) is 0 Å². The molecule has 0 aromatic carbocycles. The van der Waals surface area contributed by atoms with Crippen molar-refractivity contribution in [2.24, 2.45) is 0 Å². The Balaban J connectivity index is 1.35. The van der Waals surface area contributed by atoms with E-state index in [1.54, 1.807) is 12.1 Å². The van der Waals surface area contributed by atoms with Gasteiger partial charge in [0.15, 0.2) is 0 Å². The maximum atomic E-state index is 12.6. The van der Waals surface area contributed by atoms with E-state index in [1.165, 1.54) is 23.0 Å². The number of imidazole rings is 1. The number of ether oxygens (including phenoxy) is 2. The first-order valence-electron chi connectivity index (χ1n) is 8.74. The number of aromatic nitrogens is 4. The van der Waals surface area contributed by atoms with E-state index >= 15 is 0 Å². The lowest BCUT2D eigenvalue weighted by Crippen LogP contribution is -2.32. The molecular weight excluding hydrogens is 407 g/mol. The molecule has 156 valence electrons. The highest BCUT2D eigenvalue weighted by Gasteiger charge is 2.32. The van der Waals surface area contributed by atoms with Crippen LogP contribution in [0.5, 0.6) is 6.01 Å². The molecule has 3 aromatic heterocycles. The van der Waals surface area contributed by atoms with Gasteiger partial charge in [0.2, 0.25) is 0 Å². The van der Waals surface area contributed by atoms with Gasteiger partial charge in [-0.2, -0.15) is 13.2 Å². The fourth-order valence-electron chi connectivity index (χ4n) is 2.88. The minimum Gasteiger partial charge on any atom is -0.443 e. The predicted octanol–water partition coefficient (Wildman–Crippen LogP) is 3.24. The van der Waals surface area contributed by atoms with Crippen LogP contribution in [0.4, 0.5) is 19.0 Å². The molecule has 4 heterocycles. The second kappa shape index (κ2) is 7.71. The number of halogens is 3. The van der Waals surface area contributed by atoms with Gasteiger partial charge in [-0.25, -0.2) is 0 Å². The topological polar surface area (TPSA) is 105 Å². The van der Waals surface area contributed by atoms with E-state index in [9.17, 15) is 23.3 Å². The molecule has 3 aromatic rings. The van der Waals surface area contributed by atoms with Gasteiger partial charge in [0, 0.05) is 28.5 Å². The summed E-state index contributed by atoms with van der Waals surface area (Å²) < 4.78 is 50.4. The van der Waals surface area contributed by atoms with Crippen molar-refractivity contribution in [3.05, 3.63) is 64.4 Å². The molecule has 4 rings (SSSR count). The zero-order chi connectivity index (χ0) is 21.3. The van der Waals surface area contributed by atoms with E-state index in [0.29, 0.717) is 23.4 Å². The Morgan fingerprint density at radius 2 is 1.93 bits per heavy atom. The van der Waals surface area contributed by atoms with Crippen LogP contribution in [-0.2, 0) is 24.1 Å². The van der Waals surface area contributed by atoms with Crippen molar-refractivity contribution < 1.29 is 27.6 Å². The van der Waals surface area contributed by atoms with Crippen molar-refractivity contribution >= 4 is 5.82 Å². The molecule has 0 radical (unpaired) electrons. The van der Waals surface area contributed by atoms with Crippen molar-refractivity contribution in [2.75, 3.05) is 6.61 Å². The van der Waals surface area contributed by atoms with Crippen molar-refractivity contribution in [1.29, 1.82) is 0 Å². The molecule has 9 nitrogen and oxygen atoms in total. The summed E-state index contributed by atoms with van der Waals surface area (Å²) >= 11 is 0. The second-order valence-electron chi connectivity index (χ2n) is 6.50. The molecule has 1 aliphatic rings. The second-order valence-corrected chi connectivity index (χ2v) is 6.50. The molecule has 0 bridgehead atoms. The van der Waals surface area contributed by atoms with E-state index in [-0.39, 0.29) is 31.1 Å². The largest absolute Gasteiger partial charge is 0.443 e. The number of nitro groups is 1. The maximum absolute atomic E-state index is 12.6. The normalized spacial score (nSPS) is 16.0. The van der Waals surface area contributed by atoms with Gasteiger partial charge in [0.25, 0.3) is 0 Å². The van der Waals surface area contributed by atoms with E-state index < -0.39 is 16.8 Å². The molecule has 0 aliphatic carbocycles. The zero-order valence-electron chi connectivity index (χ0n) is 15.2. The van der Waals surface area contributed by atoms with Gasteiger partial charge in [-0.1, -0.05) is 12.1 Å². The first-order chi connectivity index (χ1) is 14.3. The molecule has 30 heavy (non-hydrogen) atoms. The van der Waals surface area contributed by atoms with Crippen molar-refractivity contribution in [3.8, 4) is 17.1 Å². The molecule has 1 aliphatic heterocycles. The standard InChI is InChI=1S/C18H14F3N5O4/c19-18(20,21)15-4-2-12(6-23-15)11-1-3-13(22-5-11)9-29-14-7-25-8-16(26(27)28)24-17(25)30-10-14/h1-6,8,14H,7,9-10H2/t14-/m0/s1. The molecule has 0 saturated carbocycles. The van der Waals surface area contributed by atoms with Gasteiger partial charge in [0.05, 0.1) is 18.8 Å². The smallest absolute Gasteiger partial charge is 0.433 e. The molecule has 1 atom stereocenters. The highest BCUT2D eigenvalue weighted by Crippen LogP contribution is 2.29. The van der Waals surface area contributed by atoms with Gasteiger partial charge in [-0.05, 0) is 17.1 Å². The van der Waals surface area contributed by atoms with Crippen LogP contribution < -0.4 is 4.74 Å². The fourth-order valence-corrected chi connectivity index (χ4v) is 2.88. The first-order valence-corrected chi connectivity index (χ1v) is 8.74. The van der Waals surface area contributed by atoms with Crippen LogP contribution in [0.25, 0.3) is 11.1 Å². The highest BCUT2D eigenvalue weighted by molar-refractivity contribution is 5.61. The van der Waals surface area contributed by atoms with Crippen molar-refractivity contribution in [3.63, 3.8) is 0 Å². The summed E-state index contributed by atoms with van der Waals surface area (Å²) in [6.45, 7) is 0.723. The monoisotopic (exact) mass is 421 g/mol. The van der Waals surface area contributed by atoms with E-state index in [0.717, 1.165) is 12.3 Å². The SMILES string of the molecule is O=[N+]([O-])c1cn2c(n1)OC[C@@H](OCc1ccc(-c3ccc(C(F)(F)F)nc3)cn1)C2. The lowest BCUT2D eigenvalue weighted by Gasteiger charge is -2.22. The number of hydrogen-bond donors (Lipinski definition) is 0. The molecule has 12 heteroatoms. The van der Waals surface area contributed by atoms with Crippen LogP contribution in [0.2, 0.25) is 0 Å². The van der Waals surface area contributed by atoms with E-state index in [2.05, 4.69) is 15.0 Å². The molecule has 0 spiro atoms. The Hall–Kier alpha value is -3.54. The summed E-state index contributed by atoms with van der Waals surface area (Å²) in [4.78, 5) is 21.6. The summed E-state index contributed by atoms with van der Waals surface area (Å²) in [6.07, 6.45) is -0.861. The summed E-state index contributed by atoms with van der Waals surface area (Å²) in [5, 5.41) is 10.8. The van der Waals surface area contributed by atoms with Crippen LogP contribution in [-0.4, -0.2) is 37.2 Å². The summed E-state index contributed by atoms with van der Waals surface area (Å²) in [6, 6.07) is 5.85. The highest BCUT2D eigenvalue weighted by atomic mass is 19.4. The number of rotatable bonds is 5. The Kier molecular flexibility index (Phi) is 5.08. The number of alkyl halides is 3. The fraction of sp³-hybridized carbons (Fsp3) is 0.278. The van der Waals surface area contributed by atoms with Gasteiger partial charge >= 0.3 is 18.0 Å². The van der Waals surface area contributed by atoms with Crippen LogP contribution in [0.1, 0.15) is 11.4 Å². The average molecular weight is 421 g/mol. The number of fused-ring (bicyclic) bond motifs is 1. The lowest BCUT2D eigenvalue weighted by atomic mass is 10.1. The zero-order valence-corrected chi connectivity index (χ0v) is 15.2. The third-order valence-electron chi connectivity index (χ3n) is 4.39. The molecule has 0 amide bonds. The molecule has 0 unspecified atom stereocenters. The number of hydrogen-bond acceptors (Lipinski definition) is 7. The summed E-state index contributed by atoms with van der Waals surface area (Å²) in [5.74, 6) is -0.291. The van der Waals surface area contributed by atoms with E-state index in [4.69, 9.17) is 9.47 Å². The number of pyridine rings is 2. The summed E-state index contributed by atoms with van der Waals surface area (Å²) in [7, 11) is 0. The minimum atomic E-state index is -4.48. The van der Waals surface area contributed by atoms with Crippen molar-refractivity contribution in [2.45, 2.75) is 25.4 Å². The Morgan fingerprint density at radius 1 is 1.20 bits per heavy atom. The Labute approximate surface area is 167 Å². The van der Waals surface area contributed by atoms with E-state index in [1.807, 2.05) is 0 Å².